The number of rotatable bonds is 4. The van der Waals surface area contributed by atoms with E-state index >= 15 is 0 Å². The molecule has 2 nitrogen and oxygen atoms in total. The molecule has 0 spiro atoms. The average Bonchev–Trinajstić information content (AvgIpc) is 2.40. The van der Waals surface area contributed by atoms with Gasteiger partial charge < -0.3 is 0 Å². The Kier molecular flexibility index (Phi) is 4.76. The zero-order valence-corrected chi connectivity index (χ0v) is 12.3. The Balaban J connectivity index is 2.39. The number of nitrogens with two attached hydrogens (primary N) is 1. The van der Waals surface area contributed by atoms with Crippen molar-refractivity contribution < 1.29 is 4.39 Å². The predicted molar refractivity (Wildman–Crippen MR) is 81.1 cm³/mol. The first-order valence-electron chi connectivity index (χ1n) is 6.49. The van der Waals surface area contributed by atoms with Crippen molar-refractivity contribution in [2.75, 3.05) is 0 Å². The first kappa shape index (κ1) is 15.0. The van der Waals surface area contributed by atoms with Crippen molar-refractivity contribution in [3.05, 3.63) is 69.5 Å². The minimum absolute atomic E-state index is 0.341. The maximum atomic E-state index is 14.0. The summed E-state index contributed by atoms with van der Waals surface area (Å²) in [5, 5.41) is 0.388. The van der Waals surface area contributed by atoms with Crippen molar-refractivity contribution in [1.29, 1.82) is 0 Å². The van der Waals surface area contributed by atoms with Gasteiger partial charge in [-0.25, -0.2) is 4.39 Å². The summed E-state index contributed by atoms with van der Waals surface area (Å²) in [6, 6.07) is 10.4. The van der Waals surface area contributed by atoms with Crippen LogP contribution in [-0.2, 0) is 6.42 Å². The standard InChI is InChI=1S/C16H18ClFN2/c1-10-5-3-6-11(2)12(10)9-15(20-19)16-13(17)7-4-8-14(16)18/h3-8,15,20H,9,19H2,1-2H3. The fourth-order valence-electron chi connectivity index (χ4n) is 2.46. The van der Waals surface area contributed by atoms with Crippen molar-refractivity contribution in [3.8, 4) is 0 Å². The van der Waals surface area contributed by atoms with E-state index in [1.54, 1.807) is 12.1 Å². The van der Waals surface area contributed by atoms with Crippen LogP contribution in [0.3, 0.4) is 0 Å². The fraction of sp³-hybridized carbons (Fsp3) is 0.250. The Labute approximate surface area is 123 Å². The zero-order chi connectivity index (χ0) is 14.7. The van der Waals surface area contributed by atoms with Crippen LogP contribution in [0, 0.1) is 19.7 Å². The van der Waals surface area contributed by atoms with Crippen LogP contribution in [0.25, 0.3) is 0 Å². The van der Waals surface area contributed by atoms with E-state index in [1.807, 2.05) is 32.0 Å². The highest BCUT2D eigenvalue weighted by molar-refractivity contribution is 6.31. The SMILES string of the molecule is Cc1cccc(C)c1CC(NN)c1c(F)cccc1Cl. The molecular formula is C16H18ClFN2. The van der Waals surface area contributed by atoms with Crippen molar-refractivity contribution in [3.63, 3.8) is 0 Å². The lowest BCUT2D eigenvalue weighted by Gasteiger charge is -2.20. The summed E-state index contributed by atoms with van der Waals surface area (Å²) in [4.78, 5) is 0. The number of hydrogen-bond donors (Lipinski definition) is 2. The van der Waals surface area contributed by atoms with Crippen LogP contribution in [0.2, 0.25) is 5.02 Å². The first-order chi connectivity index (χ1) is 9.54. The summed E-state index contributed by atoms with van der Waals surface area (Å²) in [5.74, 6) is 5.27. The molecule has 0 radical (unpaired) electrons. The van der Waals surface area contributed by atoms with Crippen LogP contribution in [0.5, 0.6) is 0 Å². The maximum absolute atomic E-state index is 14.0. The number of aryl methyl sites for hydroxylation is 2. The smallest absolute Gasteiger partial charge is 0.129 e. The molecule has 0 saturated carbocycles. The molecule has 0 aliphatic heterocycles. The molecule has 4 heteroatoms. The predicted octanol–water partition coefficient (Wildman–Crippen LogP) is 3.84. The summed E-state index contributed by atoms with van der Waals surface area (Å²) >= 11 is 6.11. The molecule has 0 fully saturated rings. The van der Waals surface area contributed by atoms with E-state index in [2.05, 4.69) is 5.43 Å². The Morgan fingerprint density at radius 1 is 1.15 bits per heavy atom. The lowest BCUT2D eigenvalue weighted by Crippen LogP contribution is -2.31. The fourth-order valence-corrected chi connectivity index (χ4v) is 2.76. The maximum Gasteiger partial charge on any atom is 0.129 e. The average molecular weight is 293 g/mol. The van der Waals surface area contributed by atoms with Gasteiger partial charge in [-0.1, -0.05) is 35.9 Å². The molecule has 2 aromatic carbocycles. The molecule has 0 aliphatic carbocycles. The Bertz CT molecular complexity index is 573. The van der Waals surface area contributed by atoms with Gasteiger partial charge in [0.05, 0.1) is 6.04 Å². The van der Waals surface area contributed by atoms with Gasteiger partial charge in [0.15, 0.2) is 0 Å². The van der Waals surface area contributed by atoms with E-state index < -0.39 is 0 Å². The van der Waals surface area contributed by atoms with Crippen LogP contribution in [0.4, 0.5) is 4.39 Å². The van der Waals surface area contributed by atoms with Crippen molar-refractivity contribution in [2.45, 2.75) is 26.3 Å². The van der Waals surface area contributed by atoms with Gasteiger partial charge in [-0.3, -0.25) is 11.3 Å². The monoisotopic (exact) mass is 292 g/mol. The van der Waals surface area contributed by atoms with Crippen LogP contribution in [0.1, 0.15) is 28.3 Å². The number of hydrogen-bond acceptors (Lipinski definition) is 2. The molecule has 0 aromatic heterocycles. The molecule has 106 valence electrons. The molecular weight excluding hydrogens is 275 g/mol. The number of benzene rings is 2. The van der Waals surface area contributed by atoms with Crippen LogP contribution >= 0.6 is 11.6 Å². The van der Waals surface area contributed by atoms with Crippen molar-refractivity contribution in [2.24, 2.45) is 5.84 Å². The number of halogens is 2. The van der Waals surface area contributed by atoms with E-state index in [4.69, 9.17) is 17.4 Å². The highest BCUT2D eigenvalue weighted by Crippen LogP contribution is 2.29. The van der Waals surface area contributed by atoms with Crippen LogP contribution in [-0.4, -0.2) is 0 Å². The molecule has 0 bridgehead atoms. The molecule has 0 amide bonds. The lowest BCUT2D eigenvalue weighted by atomic mass is 9.93. The van der Waals surface area contributed by atoms with Crippen LogP contribution in [0.15, 0.2) is 36.4 Å². The second-order valence-electron chi connectivity index (χ2n) is 4.93. The van der Waals surface area contributed by atoms with E-state index in [1.165, 1.54) is 6.07 Å². The Morgan fingerprint density at radius 2 is 1.75 bits per heavy atom. The van der Waals surface area contributed by atoms with Crippen LogP contribution < -0.4 is 11.3 Å². The van der Waals surface area contributed by atoms with Gasteiger partial charge in [0.25, 0.3) is 0 Å². The largest absolute Gasteiger partial charge is 0.271 e. The van der Waals surface area contributed by atoms with Gasteiger partial charge in [0.2, 0.25) is 0 Å². The third-order valence-electron chi connectivity index (χ3n) is 3.60. The molecule has 1 unspecified atom stereocenters. The Hall–Kier alpha value is -1.42. The lowest BCUT2D eigenvalue weighted by molar-refractivity contribution is 0.509. The molecule has 20 heavy (non-hydrogen) atoms. The topological polar surface area (TPSA) is 38.0 Å². The highest BCUT2D eigenvalue weighted by Gasteiger charge is 2.19. The quantitative estimate of drug-likeness (QED) is 0.664. The molecule has 0 aliphatic rings. The van der Waals surface area contributed by atoms with Crippen molar-refractivity contribution >= 4 is 11.6 Å². The van der Waals surface area contributed by atoms with Gasteiger partial charge in [-0.05, 0) is 49.1 Å². The highest BCUT2D eigenvalue weighted by atomic mass is 35.5. The van der Waals surface area contributed by atoms with E-state index in [0.717, 1.165) is 16.7 Å². The summed E-state index contributed by atoms with van der Waals surface area (Å²) < 4.78 is 14.0. The molecule has 0 heterocycles. The van der Waals surface area contributed by atoms with Gasteiger partial charge in [0, 0.05) is 10.6 Å². The molecule has 0 saturated heterocycles. The van der Waals surface area contributed by atoms with E-state index in [9.17, 15) is 4.39 Å². The number of hydrazine groups is 1. The third-order valence-corrected chi connectivity index (χ3v) is 3.93. The van der Waals surface area contributed by atoms with E-state index in [0.29, 0.717) is 17.0 Å². The summed E-state index contributed by atoms with van der Waals surface area (Å²) in [6.45, 7) is 4.08. The second-order valence-corrected chi connectivity index (χ2v) is 5.34. The molecule has 3 N–H and O–H groups in total. The second kappa shape index (κ2) is 6.35. The number of nitrogens with one attached hydrogen (secondary N) is 1. The summed E-state index contributed by atoms with van der Waals surface area (Å²) in [5.41, 5.74) is 6.59. The van der Waals surface area contributed by atoms with Gasteiger partial charge in [-0.15, -0.1) is 0 Å². The van der Waals surface area contributed by atoms with E-state index in [-0.39, 0.29) is 11.9 Å². The summed E-state index contributed by atoms with van der Waals surface area (Å²) in [7, 11) is 0. The third kappa shape index (κ3) is 3.01. The van der Waals surface area contributed by atoms with Gasteiger partial charge in [-0.2, -0.15) is 0 Å². The van der Waals surface area contributed by atoms with Gasteiger partial charge in [0.1, 0.15) is 5.82 Å². The first-order valence-corrected chi connectivity index (χ1v) is 6.87. The Morgan fingerprint density at radius 3 is 2.30 bits per heavy atom. The molecule has 2 rings (SSSR count). The minimum Gasteiger partial charge on any atom is -0.271 e. The van der Waals surface area contributed by atoms with Crippen molar-refractivity contribution in [1.82, 2.24) is 5.43 Å². The zero-order valence-electron chi connectivity index (χ0n) is 11.6. The minimum atomic E-state index is -0.358. The summed E-state index contributed by atoms with van der Waals surface area (Å²) in [6.07, 6.45) is 0.593. The normalized spacial score (nSPS) is 12.4. The molecule has 1 atom stereocenters. The molecule has 2 aromatic rings. The van der Waals surface area contributed by atoms with Gasteiger partial charge >= 0.3 is 0 Å².